The number of benzene rings is 2. The molecule has 6 aromatic rings. The van der Waals surface area contributed by atoms with Gasteiger partial charge in [-0.15, -0.1) is 24.0 Å². The lowest BCUT2D eigenvalue weighted by molar-refractivity contribution is 0.0503. The number of carbonyl (C=O) groups is 2. The van der Waals surface area contributed by atoms with E-state index in [4.69, 9.17) is 36.3 Å². The zero-order chi connectivity index (χ0) is 47.5. The molecule has 0 spiro atoms. The monoisotopic (exact) mass is 1050 g/mol. The molecule has 25 nitrogen and oxygen atoms in total. The van der Waals surface area contributed by atoms with Gasteiger partial charge in [0.1, 0.15) is 36.2 Å². The number of hydrogen-bond donors (Lipinski definition) is 2. The molecule has 2 N–H and O–H groups in total. The molecule has 0 amide bonds. The van der Waals surface area contributed by atoms with Crippen LogP contribution < -0.4 is 14.2 Å². The summed E-state index contributed by atoms with van der Waals surface area (Å²) in [5, 5.41) is 47.0. The Morgan fingerprint density at radius 3 is 1.52 bits per heavy atom. The van der Waals surface area contributed by atoms with Crippen LogP contribution in [0.3, 0.4) is 0 Å². The number of nitrogens with zero attached hydrogens (tertiary/aromatic N) is 17. The maximum absolute atomic E-state index is 11.6. The largest absolute Gasteiger partial charge is 0.507 e. The zero-order valence-electron chi connectivity index (χ0n) is 36.5. The van der Waals surface area contributed by atoms with Crippen LogP contribution in [0, 0.1) is 5.53 Å². The number of nitrogens with one attached hydrogen (secondary N) is 1. The van der Waals surface area contributed by atoms with Crippen molar-refractivity contribution in [3.05, 3.63) is 120 Å². The number of phenolic OH excluding ortho intramolecular Hbond substituents is 1. The predicted octanol–water partition coefficient (Wildman–Crippen LogP) is 11.1. The molecule has 0 aliphatic rings. The molecule has 0 saturated heterocycles. The third-order valence-corrected chi connectivity index (χ3v) is 8.46. The summed E-state index contributed by atoms with van der Waals surface area (Å²) >= 11 is 4.73. The summed E-state index contributed by atoms with van der Waals surface area (Å²) in [4.78, 5) is 31.7. The van der Waals surface area contributed by atoms with Crippen LogP contribution in [0.15, 0.2) is 154 Å². The average molecular weight is 1050 g/mol. The molecule has 2 aromatic carbocycles. The highest BCUT2D eigenvalue weighted by Gasteiger charge is 2.17. The van der Waals surface area contributed by atoms with Gasteiger partial charge < -0.3 is 24.1 Å². The van der Waals surface area contributed by atoms with Crippen LogP contribution in [0.5, 0.6) is 23.0 Å². The number of methoxy groups -OCH3 is 1. The highest BCUT2D eigenvalue weighted by Crippen LogP contribution is 2.31. The molecule has 0 bridgehead atoms. The molecule has 0 radical (unpaired) electrons. The first-order valence-corrected chi connectivity index (χ1v) is 19.7. The molecular weight excluding hydrogens is 1010 g/mol. The van der Waals surface area contributed by atoms with Gasteiger partial charge in [0.25, 0.3) is 0 Å². The number of aromatic nitrogens is 6. The Morgan fingerprint density at radius 1 is 0.627 bits per heavy atom. The second-order valence-corrected chi connectivity index (χ2v) is 13.4. The van der Waals surface area contributed by atoms with E-state index >= 15 is 0 Å². The van der Waals surface area contributed by atoms with Gasteiger partial charge in [0.15, 0.2) is 19.4 Å². The first-order chi connectivity index (χ1) is 32.2. The Bertz CT molecular complexity index is 2640. The Kier molecular flexibility index (Phi) is 23.7. The number of aromatic hydroxyl groups is 1. The SMILES string of the molecule is CC(C)n1nccc1-c1ncccc1COc1cccc(O)c1C=O.COCOc1cccc(OCc2cccnc2-c2ccnn2C(C)C)c1C=O.I.N=N/N=N/N=N/N=N/N=N/N=NCl. The highest BCUT2D eigenvalue weighted by molar-refractivity contribution is 14.0. The summed E-state index contributed by atoms with van der Waals surface area (Å²) in [7, 11) is 1.52. The molecule has 4 heterocycles. The number of phenols is 1. The molecule has 4 aromatic heterocycles. The van der Waals surface area contributed by atoms with E-state index in [-0.39, 0.29) is 67.4 Å². The van der Waals surface area contributed by atoms with E-state index in [0.29, 0.717) is 29.1 Å². The van der Waals surface area contributed by atoms with E-state index in [0.717, 1.165) is 40.2 Å². The summed E-state index contributed by atoms with van der Waals surface area (Å²) < 4.78 is 28.6. The van der Waals surface area contributed by atoms with Crippen molar-refractivity contribution >= 4 is 48.3 Å². The number of ether oxygens (including phenoxy) is 4. The van der Waals surface area contributed by atoms with E-state index in [1.807, 2.05) is 45.8 Å². The van der Waals surface area contributed by atoms with E-state index in [1.54, 1.807) is 55.1 Å². The fraction of sp³-hybridized carbons (Fsp3) is 0.250. The summed E-state index contributed by atoms with van der Waals surface area (Å²) in [6, 6.07) is 21.8. The van der Waals surface area contributed by atoms with Gasteiger partial charge in [-0.2, -0.15) is 15.7 Å². The maximum atomic E-state index is 11.6. The summed E-state index contributed by atoms with van der Waals surface area (Å²) in [5.74, 6) is 1.09. The smallest absolute Gasteiger partial charge is 0.188 e. The number of halogens is 2. The van der Waals surface area contributed by atoms with Crippen molar-refractivity contribution in [1.82, 2.24) is 29.5 Å². The summed E-state index contributed by atoms with van der Waals surface area (Å²) in [5.41, 5.74) is 11.8. The topological polar surface area (TPSA) is 313 Å². The van der Waals surface area contributed by atoms with E-state index in [2.05, 4.69) is 105 Å². The van der Waals surface area contributed by atoms with E-state index < -0.39 is 0 Å². The van der Waals surface area contributed by atoms with Gasteiger partial charge in [0.2, 0.25) is 0 Å². The minimum absolute atomic E-state index is 0. The molecule has 350 valence electrons. The molecular formula is C40H44ClIN18O7. The zero-order valence-corrected chi connectivity index (χ0v) is 39.5. The Balaban J connectivity index is 0.000000282. The van der Waals surface area contributed by atoms with Crippen LogP contribution in [-0.2, 0) is 18.0 Å². The fourth-order valence-corrected chi connectivity index (χ4v) is 5.69. The minimum atomic E-state index is -0.100. The Morgan fingerprint density at radius 2 is 1.07 bits per heavy atom. The third kappa shape index (κ3) is 16.3. The lowest BCUT2D eigenvalue weighted by atomic mass is 10.1. The Hall–Kier alpha value is -7.72. The van der Waals surface area contributed by atoms with Gasteiger partial charge in [-0.05, 0) is 128 Å². The van der Waals surface area contributed by atoms with Crippen molar-refractivity contribution in [2.45, 2.75) is 53.0 Å². The molecule has 27 heteroatoms. The minimum Gasteiger partial charge on any atom is -0.507 e. The number of carbonyl (C=O) groups excluding carboxylic acids is 2. The molecule has 67 heavy (non-hydrogen) atoms. The van der Waals surface area contributed by atoms with Gasteiger partial charge in [0, 0.05) is 55.1 Å². The van der Waals surface area contributed by atoms with Gasteiger partial charge in [-0.3, -0.25) is 28.9 Å². The van der Waals surface area contributed by atoms with Gasteiger partial charge in [0.05, 0.1) is 45.7 Å². The average Bonchev–Trinajstić information content (AvgIpc) is 4.04. The van der Waals surface area contributed by atoms with Crippen molar-refractivity contribution in [2.24, 2.45) is 56.9 Å². The normalized spacial score (nSPS) is 11.2. The highest BCUT2D eigenvalue weighted by atomic mass is 127. The van der Waals surface area contributed by atoms with Gasteiger partial charge in [-0.25, -0.2) is 0 Å². The van der Waals surface area contributed by atoms with Crippen LogP contribution in [-0.4, -0.2) is 61.1 Å². The molecule has 0 aliphatic carbocycles. The molecule has 0 fully saturated rings. The number of aldehydes is 2. The standard InChI is InChI=1S/C21H23N3O4.C19H19N3O3.ClHN12.HI/c1-15(2)24-18(9-11-23-24)21-16(6-5-10-22-21)13-27-19-7-4-8-20(17(19)12-25)28-14-26-3;1-13(2)22-16(8-10-21-22)19-14(5-4-9-20-19)12-25-18-7-3-6-17(24)15(18)11-23;1-3-5-7-9-11-13-12-10-8-6-4-2;/h4-12,15H,13-14H2,1-3H3;3-11,13,24H,12H2,1-2H3;2H;1H/b;;4-2?,5-3?,8-6+,9-7+,12-10+,13-11+;. The van der Waals surface area contributed by atoms with Gasteiger partial charge >= 0.3 is 0 Å². The van der Waals surface area contributed by atoms with Crippen LogP contribution in [0.1, 0.15) is 71.6 Å². The van der Waals surface area contributed by atoms with Crippen molar-refractivity contribution in [3.63, 3.8) is 0 Å². The van der Waals surface area contributed by atoms with Crippen LogP contribution in [0.2, 0.25) is 0 Å². The maximum Gasteiger partial charge on any atom is 0.188 e. The predicted molar refractivity (Wildman–Crippen MR) is 249 cm³/mol. The number of pyridine rings is 2. The van der Waals surface area contributed by atoms with Crippen LogP contribution >= 0.6 is 35.8 Å². The lowest BCUT2D eigenvalue weighted by Gasteiger charge is -2.15. The molecule has 6 rings (SSSR count). The number of rotatable bonds is 20. The van der Waals surface area contributed by atoms with Crippen LogP contribution in [0.4, 0.5) is 0 Å². The number of hydrogen-bond acceptors (Lipinski definition) is 13. The molecule has 0 unspecified atom stereocenters. The second kappa shape index (κ2) is 29.7. The van der Waals surface area contributed by atoms with Crippen molar-refractivity contribution in [1.29, 1.82) is 5.53 Å². The molecule has 0 atom stereocenters. The second-order valence-electron chi connectivity index (χ2n) is 13.2. The molecule has 0 aliphatic heterocycles. The van der Waals surface area contributed by atoms with Crippen molar-refractivity contribution < 1.29 is 33.6 Å². The molecule has 0 saturated carbocycles. The van der Waals surface area contributed by atoms with E-state index in [1.165, 1.54) is 13.2 Å². The lowest BCUT2D eigenvalue weighted by Crippen LogP contribution is -2.08. The van der Waals surface area contributed by atoms with Gasteiger partial charge in [-0.1, -0.05) is 28.9 Å². The quantitative estimate of drug-likeness (QED) is 0.0238. The first-order valence-electron chi connectivity index (χ1n) is 19.3. The van der Waals surface area contributed by atoms with Crippen molar-refractivity contribution in [2.75, 3.05) is 13.9 Å². The van der Waals surface area contributed by atoms with Crippen molar-refractivity contribution in [3.8, 4) is 45.8 Å². The fourth-order valence-electron chi connectivity index (χ4n) is 5.66. The van der Waals surface area contributed by atoms with E-state index in [9.17, 15) is 14.7 Å². The Labute approximate surface area is 404 Å². The first kappa shape index (κ1) is 53.6. The third-order valence-electron chi connectivity index (χ3n) is 8.39. The summed E-state index contributed by atoms with van der Waals surface area (Å²) in [6.45, 7) is 8.76. The van der Waals surface area contributed by atoms with Crippen LogP contribution in [0.25, 0.3) is 22.8 Å². The summed E-state index contributed by atoms with van der Waals surface area (Å²) in [6.07, 6.45) is 8.28.